The molecule has 0 radical (unpaired) electrons. The quantitative estimate of drug-likeness (QED) is 0.654. The van der Waals surface area contributed by atoms with Crippen LogP contribution >= 0.6 is 0 Å². The summed E-state index contributed by atoms with van der Waals surface area (Å²) in [6, 6.07) is 8.61. The van der Waals surface area contributed by atoms with Crippen LogP contribution in [0.3, 0.4) is 0 Å². The van der Waals surface area contributed by atoms with Gasteiger partial charge in [0.15, 0.2) is 5.69 Å². The Morgan fingerprint density at radius 2 is 2.04 bits per heavy atom. The second kappa shape index (κ2) is 6.86. The van der Waals surface area contributed by atoms with Gasteiger partial charge in [-0.15, -0.1) is 0 Å². The fraction of sp³-hybridized carbons (Fsp3) is 0.389. The van der Waals surface area contributed by atoms with E-state index in [0.717, 1.165) is 19.4 Å². The molecule has 1 heterocycles. The molecule has 6 nitrogen and oxygen atoms in total. The van der Waals surface area contributed by atoms with Gasteiger partial charge in [0.05, 0.1) is 5.56 Å². The molecule has 1 amide bonds. The summed E-state index contributed by atoms with van der Waals surface area (Å²) in [6.45, 7) is 4.89. The number of para-hydroxylation sites is 1. The summed E-state index contributed by atoms with van der Waals surface area (Å²) >= 11 is 0. The molecule has 1 saturated carbocycles. The van der Waals surface area contributed by atoms with Crippen molar-refractivity contribution in [2.75, 3.05) is 0 Å². The normalized spacial score (nSPS) is 13.8. The van der Waals surface area contributed by atoms with Gasteiger partial charge in [-0.05, 0) is 37.0 Å². The van der Waals surface area contributed by atoms with Crippen LogP contribution in [-0.2, 0) is 6.54 Å². The molecule has 0 unspecified atom stereocenters. The molecule has 2 aromatic rings. The Morgan fingerprint density at radius 3 is 2.75 bits per heavy atom. The summed E-state index contributed by atoms with van der Waals surface area (Å²) in [6.07, 6.45) is 3.75. The summed E-state index contributed by atoms with van der Waals surface area (Å²) in [5, 5.41) is 7.12. The van der Waals surface area contributed by atoms with E-state index in [0.29, 0.717) is 11.5 Å². The highest BCUT2D eigenvalue weighted by Crippen LogP contribution is 2.23. The van der Waals surface area contributed by atoms with Gasteiger partial charge in [-0.3, -0.25) is 9.48 Å². The molecule has 1 aliphatic carbocycles. The van der Waals surface area contributed by atoms with Crippen LogP contribution in [0.15, 0.2) is 36.5 Å². The first-order valence-electron chi connectivity index (χ1n) is 8.18. The molecule has 0 spiro atoms. The minimum Gasteiger partial charge on any atom is -0.421 e. The summed E-state index contributed by atoms with van der Waals surface area (Å²) in [5.74, 6) is -0.102. The van der Waals surface area contributed by atoms with E-state index in [1.165, 1.54) is 0 Å². The van der Waals surface area contributed by atoms with Gasteiger partial charge in [-0.25, -0.2) is 4.79 Å². The van der Waals surface area contributed by atoms with E-state index in [2.05, 4.69) is 24.3 Å². The number of nitrogens with one attached hydrogen (secondary N) is 1. The van der Waals surface area contributed by atoms with Crippen molar-refractivity contribution in [3.05, 3.63) is 47.8 Å². The zero-order chi connectivity index (χ0) is 17.1. The predicted octanol–water partition coefficient (Wildman–Crippen LogP) is 2.65. The van der Waals surface area contributed by atoms with Gasteiger partial charge in [0.25, 0.3) is 5.91 Å². The second-order valence-electron chi connectivity index (χ2n) is 6.45. The zero-order valence-electron chi connectivity index (χ0n) is 13.9. The molecule has 6 heteroatoms. The molecule has 0 saturated heterocycles. The van der Waals surface area contributed by atoms with Crippen LogP contribution in [0, 0.1) is 5.92 Å². The lowest BCUT2D eigenvalue weighted by Crippen LogP contribution is -2.26. The second-order valence-corrected chi connectivity index (χ2v) is 6.45. The van der Waals surface area contributed by atoms with Crippen molar-refractivity contribution in [3.8, 4) is 5.75 Å². The van der Waals surface area contributed by atoms with Gasteiger partial charge in [-0.2, -0.15) is 5.10 Å². The molecule has 1 aromatic heterocycles. The highest BCUT2D eigenvalue weighted by Gasteiger charge is 2.25. The largest absolute Gasteiger partial charge is 0.421 e. The number of hydrogen-bond donors (Lipinski definition) is 1. The number of benzene rings is 1. The first-order valence-corrected chi connectivity index (χ1v) is 8.18. The molecule has 3 rings (SSSR count). The van der Waals surface area contributed by atoms with E-state index in [4.69, 9.17) is 4.74 Å². The van der Waals surface area contributed by atoms with Gasteiger partial charge in [0.1, 0.15) is 5.75 Å². The van der Waals surface area contributed by atoms with Crippen LogP contribution in [-0.4, -0.2) is 27.7 Å². The van der Waals surface area contributed by atoms with Crippen molar-refractivity contribution < 1.29 is 14.3 Å². The maximum absolute atomic E-state index is 12.3. The van der Waals surface area contributed by atoms with Crippen molar-refractivity contribution in [2.24, 2.45) is 5.92 Å². The number of ether oxygens (including phenoxy) is 1. The van der Waals surface area contributed by atoms with E-state index < -0.39 is 5.97 Å². The van der Waals surface area contributed by atoms with Crippen molar-refractivity contribution in [1.29, 1.82) is 0 Å². The van der Waals surface area contributed by atoms with Crippen LogP contribution in [0.2, 0.25) is 0 Å². The SMILES string of the molecule is CC(C)Cn1ccc(C(=O)Oc2ccccc2C(=O)NC2CC2)n1. The predicted molar refractivity (Wildman–Crippen MR) is 89.0 cm³/mol. The number of hydrogen-bond acceptors (Lipinski definition) is 4. The van der Waals surface area contributed by atoms with Crippen LogP contribution < -0.4 is 10.1 Å². The van der Waals surface area contributed by atoms with E-state index in [-0.39, 0.29) is 23.4 Å². The minimum absolute atomic E-state index is 0.216. The van der Waals surface area contributed by atoms with Gasteiger partial charge in [0, 0.05) is 18.8 Å². The average molecular weight is 327 g/mol. The third-order valence-corrected chi connectivity index (χ3v) is 3.65. The smallest absolute Gasteiger partial charge is 0.364 e. The molecule has 1 aliphatic rings. The van der Waals surface area contributed by atoms with Crippen molar-refractivity contribution in [2.45, 2.75) is 39.3 Å². The van der Waals surface area contributed by atoms with Crippen molar-refractivity contribution in [1.82, 2.24) is 15.1 Å². The van der Waals surface area contributed by atoms with Crippen LogP contribution in [0.1, 0.15) is 47.5 Å². The fourth-order valence-corrected chi connectivity index (χ4v) is 2.33. The number of esters is 1. The monoisotopic (exact) mass is 327 g/mol. The first-order chi connectivity index (χ1) is 11.5. The lowest BCUT2D eigenvalue weighted by molar-refractivity contribution is 0.0724. The number of amides is 1. The van der Waals surface area contributed by atoms with Gasteiger partial charge >= 0.3 is 5.97 Å². The Morgan fingerprint density at radius 1 is 1.29 bits per heavy atom. The lowest BCUT2D eigenvalue weighted by atomic mass is 10.2. The molecular formula is C18H21N3O3. The van der Waals surface area contributed by atoms with E-state index in [1.807, 2.05) is 0 Å². The zero-order valence-corrected chi connectivity index (χ0v) is 13.9. The Hall–Kier alpha value is -2.63. The molecule has 1 fully saturated rings. The average Bonchev–Trinajstić information content (AvgIpc) is 3.23. The molecule has 0 bridgehead atoms. The Labute approximate surface area is 140 Å². The van der Waals surface area contributed by atoms with E-state index in [9.17, 15) is 9.59 Å². The lowest BCUT2D eigenvalue weighted by Gasteiger charge is -2.09. The van der Waals surface area contributed by atoms with Gasteiger partial charge in [-0.1, -0.05) is 26.0 Å². The first kappa shape index (κ1) is 16.2. The summed E-state index contributed by atoms with van der Waals surface area (Å²) in [7, 11) is 0. The molecule has 0 atom stereocenters. The Balaban J connectivity index is 1.72. The summed E-state index contributed by atoms with van der Waals surface area (Å²) < 4.78 is 7.11. The van der Waals surface area contributed by atoms with Crippen LogP contribution in [0.5, 0.6) is 5.75 Å². The van der Waals surface area contributed by atoms with Crippen LogP contribution in [0.25, 0.3) is 0 Å². The van der Waals surface area contributed by atoms with Crippen molar-refractivity contribution >= 4 is 11.9 Å². The number of rotatable bonds is 6. The fourth-order valence-electron chi connectivity index (χ4n) is 2.33. The molecule has 24 heavy (non-hydrogen) atoms. The molecule has 1 N–H and O–H groups in total. The third kappa shape index (κ3) is 4.01. The molecular weight excluding hydrogens is 306 g/mol. The highest BCUT2D eigenvalue weighted by atomic mass is 16.5. The summed E-state index contributed by atoms with van der Waals surface area (Å²) in [4.78, 5) is 24.5. The number of aromatic nitrogens is 2. The number of carbonyl (C=O) groups is 2. The number of nitrogens with zero attached hydrogens (tertiary/aromatic N) is 2. The highest BCUT2D eigenvalue weighted by molar-refractivity contribution is 5.99. The van der Waals surface area contributed by atoms with E-state index in [1.54, 1.807) is 41.2 Å². The molecule has 0 aliphatic heterocycles. The Bertz CT molecular complexity index is 747. The Kier molecular flexibility index (Phi) is 4.64. The van der Waals surface area contributed by atoms with Gasteiger partial charge < -0.3 is 10.1 Å². The van der Waals surface area contributed by atoms with Gasteiger partial charge in [0.2, 0.25) is 0 Å². The van der Waals surface area contributed by atoms with Crippen LogP contribution in [0.4, 0.5) is 0 Å². The molecule has 1 aromatic carbocycles. The van der Waals surface area contributed by atoms with E-state index >= 15 is 0 Å². The summed E-state index contributed by atoms with van der Waals surface area (Å²) in [5.41, 5.74) is 0.590. The maximum atomic E-state index is 12.3. The molecule has 126 valence electrons. The third-order valence-electron chi connectivity index (χ3n) is 3.65. The van der Waals surface area contributed by atoms with Crippen molar-refractivity contribution in [3.63, 3.8) is 0 Å². The topological polar surface area (TPSA) is 73.2 Å². The standard InChI is InChI=1S/C18H21N3O3/c1-12(2)11-21-10-9-15(20-21)18(23)24-16-6-4-3-5-14(16)17(22)19-13-7-8-13/h3-6,9-10,12-13H,7-8,11H2,1-2H3,(H,19,22). The maximum Gasteiger partial charge on any atom is 0.364 e. The number of carbonyl (C=O) groups excluding carboxylic acids is 2. The minimum atomic E-state index is -0.566.